The topological polar surface area (TPSA) is 64.6 Å². The van der Waals surface area contributed by atoms with Gasteiger partial charge in [0.2, 0.25) is 0 Å². The van der Waals surface area contributed by atoms with Crippen LogP contribution in [0.25, 0.3) is 0 Å². The number of carbonyl (C=O) groups is 2. The summed E-state index contributed by atoms with van der Waals surface area (Å²) < 4.78 is 10.5. The Labute approximate surface area is 171 Å². The molecule has 0 aromatic heterocycles. The second kappa shape index (κ2) is 16.3. The highest BCUT2D eigenvalue weighted by molar-refractivity contribution is 5.81. The van der Waals surface area contributed by atoms with Crippen LogP contribution in [0.2, 0.25) is 0 Å². The van der Waals surface area contributed by atoms with E-state index >= 15 is 0 Å². The summed E-state index contributed by atoms with van der Waals surface area (Å²) in [5, 5.41) is 2.72. The Hall–Kier alpha value is -1.70. The van der Waals surface area contributed by atoms with E-state index in [9.17, 15) is 9.59 Å². The number of carbonyl (C=O) groups excluding carboxylic acids is 2. The van der Waals surface area contributed by atoms with Crippen LogP contribution in [0.3, 0.4) is 0 Å². The minimum Gasteiger partial charge on any atom is -0.464 e. The molecule has 0 spiro atoms. The molecule has 1 saturated carbocycles. The predicted octanol–water partition coefficient (Wildman–Crippen LogP) is 5.37. The fraction of sp³-hybridized carbons (Fsp3) is 0.826. The zero-order chi connectivity index (χ0) is 20.5. The van der Waals surface area contributed by atoms with Crippen molar-refractivity contribution in [1.29, 1.82) is 0 Å². The van der Waals surface area contributed by atoms with Gasteiger partial charge in [-0.25, -0.2) is 9.59 Å². The van der Waals surface area contributed by atoms with E-state index in [0.717, 1.165) is 38.5 Å². The molecule has 1 aliphatic carbocycles. The Bertz CT molecular complexity index is 489. The van der Waals surface area contributed by atoms with Crippen LogP contribution in [0, 0.1) is 17.8 Å². The molecule has 0 bridgehead atoms. The van der Waals surface area contributed by atoms with Gasteiger partial charge in [0.1, 0.15) is 6.04 Å². The van der Waals surface area contributed by atoms with Crippen molar-refractivity contribution in [3.63, 3.8) is 0 Å². The first-order chi connectivity index (χ1) is 13.7. The predicted molar refractivity (Wildman–Crippen MR) is 112 cm³/mol. The average Bonchev–Trinajstić information content (AvgIpc) is 2.71. The number of rotatable bonds is 13. The summed E-state index contributed by atoms with van der Waals surface area (Å²) in [6.45, 7) is 4.37. The number of hydrogen-bond acceptors (Lipinski definition) is 4. The Kier molecular flexibility index (Phi) is 14.1. The SMILES string of the molecule is CC#CCOC(=O)NC(C(=O)OCCCCCCCCCC)C1CCCCC1. The Morgan fingerprint density at radius 2 is 1.61 bits per heavy atom. The zero-order valence-electron chi connectivity index (χ0n) is 17.9. The quantitative estimate of drug-likeness (QED) is 0.260. The summed E-state index contributed by atoms with van der Waals surface area (Å²) in [6, 6.07) is -0.614. The van der Waals surface area contributed by atoms with E-state index in [2.05, 4.69) is 24.1 Å². The molecule has 5 heteroatoms. The first kappa shape index (κ1) is 24.3. The summed E-state index contributed by atoms with van der Waals surface area (Å²) in [5.41, 5.74) is 0. The number of nitrogens with one attached hydrogen (secondary N) is 1. The van der Waals surface area contributed by atoms with Crippen molar-refractivity contribution < 1.29 is 19.1 Å². The molecule has 1 amide bonds. The van der Waals surface area contributed by atoms with Gasteiger partial charge in [-0.3, -0.25) is 0 Å². The van der Waals surface area contributed by atoms with Gasteiger partial charge in [-0.2, -0.15) is 0 Å². The molecule has 0 radical (unpaired) electrons. The van der Waals surface area contributed by atoms with Crippen LogP contribution in [0.15, 0.2) is 0 Å². The standard InChI is InChI=1S/C23H39NO4/c1-3-5-7-8-9-10-11-15-19-27-22(25)21(20-16-13-12-14-17-20)24-23(26)28-18-6-4-2/h20-21H,3,5,7-19H2,1-2H3,(H,24,26). The maximum atomic E-state index is 12.6. The molecule has 1 unspecified atom stereocenters. The van der Waals surface area contributed by atoms with Crippen LogP contribution in [-0.2, 0) is 14.3 Å². The van der Waals surface area contributed by atoms with Crippen LogP contribution in [0.5, 0.6) is 0 Å². The van der Waals surface area contributed by atoms with Crippen molar-refractivity contribution in [3.8, 4) is 11.8 Å². The fourth-order valence-electron chi connectivity index (χ4n) is 3.68. The van der Waals surface area contributed by atoms with E-state index < -0.39 is 12.1 Å². The lowest BCUT2D eigenvalue weighted by Gasteiger charge is -2.29. The van der Waals surface area contributed by atoms with Crippen molar-refractivity contribution in [2.75, 3.05) is 13.2 Å². The van der Waals surface area contributed by atoms with Crippen molar-refractivity contribution in [1.82, 2.24) is 5.32 Å². The molecule has 0 aliphatic heterocycles. The highest BCUT2D eigenvalue weighted by Crippen LogP contribution is 2.27. The molecule has 1 rings (SSSR count). The van der Waals surface area contributed by atoms with Gasteiger partial charge in [-0.15, -0.1) is 5.92 Å². The van der Waals surface area contributed by atoms with E-state index in [1.807, 2.05) is 0 Å². The monoisotopic (exact) mass is 393 g/mol. The maximum absolute atomic E-state index is 12.6. The Morgan fingerprint density at radius 1 is 0.964 bits per heavy atom. The molecule has 0 aromatic carbocycles. The second-order valence-electron chi connectivity index (χ2n) is 7.67. The average molecular weight is 394 g/mol. The van der Waals surface area contributed by atoms with Gasteiger partial charge < -0.3 is 14.8 Å². The van der Waals surface area contributed by atoms with Crippen LogP contribution >= 0.6 is 0 Å². The smallest absolute Gasteiger partial charge is 0.408 e. The van der Waals surface area contributed by atoms with Crippen molar-refractivity contribution in [3.05, 3.63) is 0 Å². The molecule has 5 nitrogen and oxygen atoms in total. The highest BCUT2D eigenvalue weighted by atomic mass is 16.6. The third-order valence-electron chi connectivity index (χ3n) is 5.34. The summed E-state index contributed by atoms with van der Waals surface area (Å²) in [4.78, 5) is 24.6. The Balaban J connectivity index is 2.33. The summed E-state index contributed by atoms with van der Waals surface area (Å²) in [7, 11) is 0. The van der Waals surface area contributed by atoms with Gasteiger partial charge in [-0.05, 0) is 32.1 Å². The van der Waals surface area contributed by atoms with Gasteiger partial charge >= 0.3 is 12.1 Å². The third-order valence-corrected chi connectivity index (χ3v) is 5.34. The van der Waals surface area contributed by atoms with Crippen molar-refractivity contribution in [2.45, 2.75) is 103 Å². The summed E-state index contributed by atoms with van der Waals surface area (Å²) >= 11 is 0. The molecule has 1 aliphatic rings. The van der Waals surface area contributed by atoms with E-state index in [0.29, 0.717) is 6.61 Å². The molecule has 0 heterocycles. The van der Waals surface area contributed by atoms with Crippen molar-refractivity contribution in [2.24, 2.45) is 5.92 Å². The van der Waals surface area contributed by atoms with Gasteiger partial charge in [0.05, 0.1) is 6.61 Å². The molecule has 160 valence electrons. The van der Waals surface area contributed by atoms with E-state index in [1.54, 1.807) is 6.92 Å². The van der Waals surface area contributed by atoms with E-state index in [1.165, 1.54) is 44.9 Å². The lowest BCUT2D eigenvalue weighted by molar-refractivity contribution is -0.148. The third kappa shape index (κ3) is 11.2. The van der Waals surface area contributed by atoms with Gasteiger partial charge in [0.25, 0.3) is 0 Å². The van der Waals surface area contributed by atoms with Crippen LogP contribution in [0.4, 0.5) is 4.79 Å². The van der Waals surface area contributed by atoms with E-state index in [4.69, 9.17) is 9.47 Å². The zero-order valence-corrected chi connectivity index (χ0v) is 17.9. The molecule has 0 saturated heterocycles. The Morgan fingerprint density at radius 3 is 2.25 bits per heavy atom. The van der Waals surface area contributed by atoms with Crippen LogP contribution < -0.4 is 5.32 Å². The van der Waals surface area contributed by atoms with Crippen LogP contribution in [0.1, 0.15) is 97.3 Å². The van der Waals surface area contributed by atoms with Gasteiger partial charge in [-0.1, -0.05) is 77.1 Å². The first-order valence-electron chi connectivity index (χ1n) is 11.2. The maximum Gasteiger partial charge on any atom is 0.408 e. The number of ether oxygens (including phenoxy) is 2. The normalized spacial score (nSPS) is 15.2. The molecule has 1 fully saturated rings. The summed E-state index contributed by atoms with van der Waals surface area (Å²) in [6.07, 6.45) is 14.3. The lowest BCUT2D eigenvalue weighted by Crippen LogP contribution is -2.47. The minimum atomic E-state index is -0.614. The minimum absolute atomic E-state index is 0.0347. The fourth-order valence-corrected chi connectivity index (χ4v) is 3.68. The number of amides is 1. The molecular formula is C23H39NO4. The van der Waals surface area contributed by atoms with Gasteiger partial charge in [0.15, 0.2) is 6.61 Å². The van der Waals surface area contributed by atoms with Crippen molar-refractivity contribution >= 4 is 12.1 Å². The molecule has 28 heavy (non-hydrogen) atoms. The number of alkyl carbamates (subject to hydrolysis) is 1. The molecular weight excluding hydrogens is 354 g/mol. The van der Waals surface area contributed by atoms with Gasteiger partial charge in [0, 0.05) is 0 Å². The van der Waals surface area contributed by atoms with Crippen LogP contribution in [-0.4, -0.2) is 31.3 Å². The first-order valence-corrected chi connectivity index (χ1v) is 11.2. The molecule has 1 atom stereocenters. The highest BCUT2D eigenvalue weighted by Gasteiger charge is 2.32. The molecule has 0 aromatic rings. The molecule has 1 N–H and O–H groups in total. The number of hydrogen-bond donors (Lipinski definition) is 1. The number of unbranched alkanes of at least 4 members (excludes halogenated alkanes) is 7. The van der Waals surface area contributed by atoms with E-state index in [-0.39, 0.29) is 18.5 Å². The largest absolute Gasteiger partial charge is 0.464 e. The summed E-state index contributed by atoms with van der Waals surface area (Å²) in [5.74, 6) is 5.16. The lowest BCUT2D eigenvalue weighted by atomic mass is 9.84. The second-order valence-corrected chi connectivity index (χ2v) is 7.67. The number of esters is 1.